The molecular weight excluding hydrogens is 496 g/mol. The zero-order chi connectivity index (χ0) is 27.4. The van der Waals surface area contributed by atoms with Gasteiger partial charge in [-0.05, 0) is 20.8 Å². The third kappa shape index (κ3) is 18.5. The molecule has 1 saturated heterocycles. The van der Waals surface area contributed by atoms with Crippen molar-refractivity contribution in [3.8, 4) is 0 Å². The van der Waals surface area contributed by atoms with Gasteiger partial charge in [-0.15, -0.1) is 5.06 Å². The first-order valence-electron chi connectivity index (χ1n) is 12.2. The number of hydrogen-bond acceptors (Lipinski definition) is 12. The van der Waals surface area contributed by atoms with Crippen LogP contribution in [0.1, 0.15) is 33.6 Å². The van der Waals surface area contributed by atoms with Crippen molar-refractivity contribution in [2.24, 2.45) is 0 Å². The van der Waals surface area contributed by atoms with Crippen LogP contribution in [0.5, 0.6) is 0 Å². The van der Waals surface area contributed by atoms with E-state index in [9.17, 15) is 19.2 Å². The van der Waals surface area contributed by atoms with E-state index in [0.717, 1.165) is 0 Å². The minimum Gasteiger partial charge on any atom is -0.444 e. The third-order valence-corrected chi connectivity index (χ3v) is 4.19. The van der Waals surface area contributed by atoms with Crippen molar-refractivity contribution < 1.29 is 57.2 Å². The number of nitrogens with one attached hydrogen (secondary N) is 1. The van der Waals surface area contributed by atoms with Crippen LogP contribution in [-0.4, -0.2) is 120 Å². The highest BCUT2D eigenvalue weighted by Crippen LogP contribution is 2.12. The van der Waals surface area contributed by atoms with Gasteiger partial charge >= 0.3 is 12.1 Å². The van der Waals surface area contributed by atoms with Gasteiger partial charge in [-0.2, -0.15) is 0 Å². The van der Waals surface area contributed by atoms with E-state index in [4.69, 9.17) is 33.2 Å². The first-order chi connectivity index (χ1) is 17.7. The Labute approximate surface area is 217 Å². The first-order valence-corrected chi connectivity index (χ1v) is 12.2. The smallest absolute Gasteiger partial charge is 0.407 e. The van der Waals surface area contributed by atoms with E-state index in [2.05, 4.69) is 10.2 Å². The molecule has 1 N–H and O–H groups in total. The maximum Gasteiger partial charge on any atom is 0.407 e. The Hall–Kier alpha value is -2.36. The Morgan fingerprint density at radius 1 is 0.703 bits per heavy atom. The first kappa shape index (κ1) is 32.7. The molecule has 14 heteroatoms. The molecule has 0 radical (unpaired) electrons. The van der Waals surface area contributed by atoms with Gasteiger partial charge in [0.15, 0.2) is 0 Å². The summed E-state index contributed by atoms with van der Waals surface area (Å²) in [6.07, 6.45) is -0.388. The van der Waals surface area contributed by atoms with Crippen molar-refractivity contribution in [3.63, 3.8) is 0 Å². The predicted octanol–water partition coefficient (Wildman–Crippen LogP) is 0.218. The zero-order valence-electron chi connectivity index (χ0n) is 22.0. The summed E-state index contributed by atoms with van der Waals surface area (Å²) in [4.78, 5) is 50.3. The van der Waals surface area contributed by atoms with Gasteiger partial charge < -0.3 is 43.3 Å². The fourth-order valence-electron chi connectivity index (χ4n) is 2.58. The molecule has 0 aliphatic carbocycles. The van der Waals surface area contributed by atoms with Crippen LogP contribution >= 0.6 is 0 Å². The summed E-state index contributed by atoms with van der Waals surface area (Å²) < 4.78 is 37.0. The van der Waals surface area contributed by atoms with Crippen LogP contribution in [0.25, 0.3) is 0 Å². The quantitative estimate of drug-likeness (QED) is 0.157. The van der Waals surface area contributed by atoms with Crippen LogP contribution in [0, 0.1) is 0 Å². The van der Waals surface area contributed by atoms with Gasteiger partial charge in [0.1, 0.15) is 12.2 Å². The third-order valence-electron chi connectivity index (χ3n) is 4.19. The van der Waals surface area contributed by atoms with Crippen LogP contribution in [0.4, 0.5) is 4.79 Å². The topological polar surface area (TPSA) is 157 Å². The molecule has 1 rings (SSSR count). The van der Waals surface area contributed by atoms with Gasteiger partial charge in [0.2, 0.25) is 0 Å². The van der Waals surface area contributed by atoms with Gasteiger partial charge in [-0.3, -0.25) is 9.59 Å². The maximum absolute atomic E-state index is 11.5. The summed E-state index contributed by atoms with van der Waals surface area (Å²) in [5.74, 6) is -1.90. The van der Waals surface area contributed by atoms with Crippen LogP contribution in [0.15, 0.2) is 0 Å². The lowest BCUT2D eigenvalue weighted by Gasteiger charge is -2.19. The molecule has 0 bridgehead atoms. The van der Waals surface area contributed by atoms with Crippen LogP contribution in [0.2, 0.25) is 0 Å². The van der Waals surface area contributed by atoms with Crippen molar-refractivity contribution in [1.82, 2.24) is 10.4 Å². The number of amides is 3. The lowest BCUT2D eigenvalue weighted by molar-refractivity contribution is -0.200. The molecule has 0 unspecified atom stereocenters. The zero-order valence-corrected chi connectivity index (χ0v) is 22.0. The largest absolute Gasteiger partial charge is 0.444 e. The predicted molar refractivity (Wildman–Crippen MR) is 126 cm³/mol. The molecule has 1 heterocycles. The SMILES string of the molecule is CC(C)(C)OC(=O)NCCOCCOCCOCCOCCOCCOCC(=O)ON1C(=O)CCC1=O. The van der Waals surface area contributed by atoms with Gasteiger partial charge in [0, 0.05) is 19.4 Å². The Balaban J connectivity index is 1.74. The second-order valence-electron chi connectivity index (χ2n) is 8.59. The van der Waals surface area contributed by atoms with E-state index in [0.29, 0.717) is 71.1 Å². The molecule has 1 fully saturated rings. The summed E-state index contributed by atoms with van der Waals surface area (Å²) in [6, 6.07) is 0. The Morgan fingerprint density at radius 2 is 1.11 bits per heavy atom. The number of carbonyl (C=O) groups excluding carboxylic acids is 4. The maximum atomic E-state index is 11.5. The molecule has 0 aromatic rings. The molecule has 3 amide bonds. The molecule has 37 heavy (non-hydrogen) atoms. The standard InChI is InChI=1S/C23H40N2O12/c1-23(2,3)36-22(29)24-6-7-30-8-9-31-10-11-32-12-13-33-14-15-34-16-17-35-18-21(28)37-25-19(26)4-5-20(25)27/h4-18H2,1-3H3,(H,24,29). The molecule has 214 valence electrons. The Bertz CT molecular complexity index is 667. The molecule has 0 saturated carbocycles. The molecule has 14 nitrogen and oxygen atoms in total. The summed E-state index contributed by atoms with van der Waals surface area (Å²) >= 11 is 0. The molecule has 0 spiro atoms. The van der Waals surface area contributed by atoms with E-state index in [1.165, 1.54) is 0 Å². The van der Waals surface area contributed by atoms with Gasteiger partial charge in [0.25, 0.3) is 11.8 Å². The fourth-order valence-corrected chi connectivity index (χ4v) is 2.58. The Kier molecular flexibility index (Phi) is 17.4. The van der Waals surface area contributed by atoms with E-state index in [-0.39, 0.29) is 26.1 Å². The van der Waals surface area contributed by atoms with Crippen LogP contribution < -0.4 is 5.32 Å². The minimum atomic E-state index is -0.824. The fraction of sp³-hybridized carbons (Fsp3) is 0.826. The average Bonchev–Trinajstić information content (AvgIpc) is 3.13. The number of rotatable bonds is 21. The molecule has 1 aliphatic heterocycles. The summed E-state index contributed by atoms with van der Waals surface area (Å²) in [6.45, 7) is 9.38. The van der Waals surface area contributed by atoms with Gasteiger partial charge in [0.05, 0.1) is 72.7 Å². The van der Waals surface area contributed by atoms with E-state index < -0.39 is 36.1 Å². The van der Waals surface area contributed by atoms with Gasteiger partial charge in [-0.25, -0.2) is 9.59 Å². The number of hydroxylamine groups is 2. The second kappa shape index (κ2) is 19.7. The Morgan fingerprint density at radius 3 is 1.54 bits per heavy atom. The molecule has 0 aromatic heterocycles. The van der Waals surface area contributed by atoms with Crippen molar-refractivity contribution in [3.05, 3.63) is 0 Å². The van der Waals surface area contributed by atoms with Gasteiger partial charge in [-0.1, -0.05) is 0 Å². The molecule has 1 aliphatic rings. The van der Waals surface area contributed by atoms with E-state index in [1.807, 2.05) is 0 Å². The van der Waals surface area contributed by atoms with E-state index >= 15 is 0 Å². The number of imide groups is 1. The normalized spacial score (nSPS) is 13.8. The average molecular weight is 537 g/mol. The number of carbonyl (C=O) groups is 4. The molecule has 0 atom stereocenters. The number of nitrogens with zero attached hydrogens (tertiary/aromatic N) is 1. The van der Waals surface area contributed by atoms with Crippen molar-refractivity contribution in [2.75, 3.05) is 85.8 Å². The summed E-state index contributed by atoms with van der Waals surface area (Å²) in [5, 5.41) is 3.08. The van der Waals surface area contributed by atoms with Crippen LogP contribution in [0.3, 0.4) is 0 Å². The van der Waals surface area contributed by atoms with E-state index in [1.54, 1.807) is 20.8 Å². The lowest BCUT2D eigenvalue weighted by atomic mass is 10.2. The molecule has 0 aromatic carbocycles. The van der Waals surface area contributed by atoms with Crippen molar-refractivity contribution in [2.45, 2.75) is 39.2 Å². The lowest BCUT2D eigenvalue weighted by Crippen LogP contribution is -2.34. The summed E-state index contributed by atoms with van der Waals surface area (Å²) in [7, 11) is 0. The second-order valence-corrected chi connectivity index (χ2v) is 8.59. The monoisotopic (exact) mass is 536 g/mol. The molecular formula is C23H40N2O12. The van der Waals surface area contributed by atoms with Crippen LogP contribution in [-0.2, 0) is 52.4 Å². The highest BCUT2D eigenvalue weighted by molar-refractivity contribution is 6.01. The minimum absolute atomic E-state index is 0.0412. The van der Waals surface area contributed by atoms with Crippen molar-refractivity contribution in [1.29, 1.82) is 0 Å². The summed E-state index contributed by atoms with van der Waals surface area (Å²) in [5.41, 5.74) is -0.525. The highest BCUT2D eigenvalue weighted by atomic mass is 16.7. The highest BCUT2D eigenvalue weighted by Gasteiger charge is 2.32. The number of alkyl carbamates (subject to hydrolysis) is 1. The number of hydrogen-bond donors (Lipinski definition) is 1. The number of ether oxygens (including phenoxy) is 7. The van der Waals surface area contributed by atoms with Crippen molar-refractivity contribution >= 4 is 23.9 Å².